The smallest absolute Gasteiger partial charge is 0.0264 e. The van der Waals surface area contributed by atoms with Crippen molar-refractivity contribution in [2.24, 2.45) is 5.92 Å². The number of hydrogen-bond donors (Lipinski definition) is 0. The second kappa shape index (κ2) is 2.46. The Morgan fingerprint density at radius 1 is 1.09 bits per heavy atom. The molecule has 0 aromatic heterocycles. The summed E-state index contributed by atoms with van der Waals surface area (Å²) in [6.45, 7) is 4.91. The van der Waals surface area contributed by atoms with E-state index in [2.05, 4.69) is 30.8 Å². The van der Waals surface area contributed by atoms with Gasteiger partial charge in [-0.15, -0.1) is 0 Å². The van der Waals surface area contributed by atoms with E-state index in [9.17, 15) is 0 Å². The second-order valence-corrected chi connectivity index (χ2v) is 4.09. The van der Waals surface area contributed by atoms with E-state index in [0.717, 1.165) is 18.0 Å². The molecule has 2 atom stereocenters. The molecule has 0 aliphatic carbocycles. The molecule has 2 aliphatic rings. The van der Waals surface area contributed by atoms with Crippen LogP contribution < -0.4 is 0 Å². The summed E-state index contributed by atoms with van der Waals surface area (Å²) in [4.78, 5) is 5.05. The molecule has 2 heterocycles. The van der Waals surface area contributed by atoms with Gasteiger partial charge in [0.2, 0.25) is 0 Å². The number of rotatable bonds is 1. The highest BCUT2D eigenvalue weighted by molar-refractivity contribution is 5.03. The average molecular weight is 154 g/mol. The summed E-state index contributed by atoms with van der Waals surface area (Å²) in [7, 11) is 4.53. The molecule has 0 saturated carbocycles. The number of likely N-dealkylation sites (tertiary alicyclic amines) is 2. The van der Waals surface area contributed by atoms with Crippen LogP contribution in [-0.4, -0.2) is 49.1 Å². The summed E-state index contributed by atoms with van der Waals surface area (Å²) in [6, 6.07) is 1.71. The first kappa shape index (κ1) is 7.56. The lowest BCUT2D eigenvalue weighted by Gasteiger charge is -2.28. The van der Waals surface area contributed by atoms with Crippen LogP contribution in [0.25, 0.3) is 0 Å². The first-order valence-electron chi connectivity index (χ1n) is 4.64. The van der Waals surface area contributed by atoms with Crippen molar-refractivity contribution in [1.29, 1.82) is 0 Å². The van der Waals surface area contributed by atoms with E-state index in [0.29, 0.717) is 0 Å². The number of piperazine rings is 1. The molecule has 2 nitrogen and oxygen atoms in total. The van der Waals surface area contributed by atoms with Crippen LogP contribution in [0.1, 0.15) is 13.3 Å². The molecule has 0 spiro atoms. The monoisotopic (exact) mass is 154 g/mol. The lowest BCUT2D eigenvalue weighted by molar-refractivity contribution is 0.176. The topological polar surface area (TPSA) is 6.48 Å². The van der Waals surface area contributed by atoms with Gasteiger partial charge in [0.15, 0.2) is 0 Å². The standard InChI is InChI=1S/C9H18N2/c1-4-7-8-6-11(3)9(7)5-10(8)2/h7-9H,4-6H2,1-3H3. The Hall–Kier alpha value is -0.0800. The van der Waals surface area contributed by atoms with Gasteiger partial charge in [-0.05, 0) is 20.0 Å². The molecule has 0 amide bonds. The maximum absolute atomic E-state index is 2.53. The number of hydrogen-bond acceptors (Lipinski definition) is 2. The Morgan fingerprint density at radius 2 is 1.55 bits per heavy atom. The van der Waals surface area contributed by atoms with Gasteiger partial charge in [0, 0.05) is 25.2 Å². The van der Waals surface area contributed by atoms with Crippen molar-refractivity contribution in [2.75, 3.05) is 27.2 Å². The third kappa shape index (κ3) is 0.926. The lowest BCUT2D eigenvalue weighted by atomic mass is 9.98. The summed E-state index contributed by atoms with van der Waals surface area (Å²) < 4.78 is 0. The molecule has 2 fully saturated rings. The predicted octanol–water partition coefficient (Wildman–Crippen LogP) is 0.641. The van der Waals surface area contributed by atoms with Crippen LogP contribution in [0.3, 0.4) is 0 Å². The number of nitrogens with zero attached hydrogens (tertiary/aromatic N) is 2. The lowest BCUT2D eigenvalue weighted by Crippen LogP contribution is -2.42. The summed E-state index contributed by atoms with van der Waals surface area (Å²) >= 11 is 0. The van der Waals surface area contributed by atoms with Crippen molar-refractivity contribution < 1.29 is 0 Å². The quantitative estimate of drug-likeness (QED) is 0.547. The molecule has 2 heteroatoms. The third-order valence-electron chi connectivity index (χ3n) is 3.54. The van der Waals surface area contributed by atoms with Crippen molar-refractivity contribution in [3.05, 3.63) is 0 Å². The van der Waals surface area contributed by atoms with Gasteiger partial charge in [0.05, 0.1) is 0 Å². The largest absolute Gasteiger partial charge is 0.300 e. The minimum atomic E-state index is 0.856. The zero-order valence-corrected chi connectivity index (χ0v) is 7.75. The van der Waals surface area contributed by atoms with Crippen LogP contribution >= 0.6 is 0 Å². The van der Waals surface area contributed by atoms with Crippen LogP contribution in [0.2, 0.25) is 0 Å². The minimum Gasteiger partial charge on any atom is -0.300 e. The summed E-state index contributed by atoms with van der Waals surface area (Å²) in [5.74, 6) is 0.949. The van der Waals surface area contributed by atoms with Crippen molar-refractivity contribution in [1.82, 2.24) is 9.80 Å². The molecular weight excluding hydrogens is 136 g/mol. The SMILES string of the molecule is CCC1C2CN(C)C1CN2C. The van der Waals surface area contributed by atoms with Gasteiger partial charge in [0.25, 0.3) is 0 Å². The van der Waals surface area contributed by atoms with Gasteiger partial charge in [0.1, 0.15) is 0 Å². The molecule has 2 bridgehead atoms. The molecule has 64 valence electrons. The summed E-state index contributed by atoms with van der Waals surface area (Å²) in [6.07, 6.45) is 1.35. The molecule has 0 radical (unpaired) electrons. The Labute approximate surface area is 69.2 Å². The highest BCUT2D eigenvalue weighted by atomic mass is 15.3. The zero-order chi connectivity index (χ0) is 8.01. The number of likely N-dealkylation sites (N-methyl/N-ethyl adjacent to an activating group) is 2. The van der Waals surface area contributed by atoms with Crippen LogP contribution in [0.4, 0.5) is 0 Å². The Balaban J connectivity index is 2.14. The Morgan fingerprint density at radius 3 is 1.82 bits per heavy atom. The fraction of sp³-hybridized carbons (Fsp3) is 1.00. The van der Waals surface area contributed by atoms with E-state index >= 15 is 0 Å². The van der Waals surface area contributed by atoms with Crippen LogP contribution in [-0.2, 0) is 0 Å². The summed E-state index contributed by atoms with van der Waals surface area (Å²) in [5.41, 5.74) is 0. The van der Waals surface area contributed by atoms with E-state index in [4.69, 9.17) is 0 Å². The Kier molecular flexibility index (Phi) is 1.69. The van der Waals surface area contributed by atoms with Gasteiger partial charge < -0.3 is 9.80 Å². The normalized spacial score (nSPS) is 45.5. The van der Waals surface area contributed by atoms with Gasteiger partial charge >= 0.3 is 0 Å². The molecule has 2 rings (SSSR count). The van der Waals surface area contributed by atoms with E-state index < -0.39 is 0 Å². The molecule has 2 aliphatic heterocycles. The maximum atomic E-state index is 2.53. The fourth-order valence-electron chi connectivity index (χ4n) is 2.86. The van der Waals surface area contributed by atoms with Crippen LogP contribution in [0, 0.1) is 5.92 Å². The summed E-state index contributed by atoms with van der Waals surface area (Å²) in [5, 5.41) is 0. The molecule has 0 aromatic carbocycles. The Bertz CT molecular complexity index is 142. The predicted molar refractivity (Wildman–Crippen MR) is 46.6 cm³/mol. The maximum Gasteiger partial charge on any atom is 0.0264 e. The van der Waals surface area contributed by atoms with Gasteiger partial charge in [-0.2, -0.15) is 0 Å². The van der Waals surface area contributed by atoms with Gasteiger partial charge in [-0.3, -0.25) is 0 Å². The zero-order valence-electron chi connectivity index (χ0n) is 7.75. The van der Waals surface area contributed by atoms with Crippen molar-refractivity contribution in [2.45, 2.75) is 25.4 Å². The second-order valence-electron chi connectivity index (χ2n) is 4.09. The van der Waals surface area contributed by atoms with E-state index in [1.54, 1.807) is 0 Å². The molecule has 2 unspecified atom stereocenters. The first-order valence-corrected chi connectivity index (χ1v) is 4.64. The third-order valence-corrected chi connectivity index (χ3v) is 3.54. The van der Waals surface area contributed by atoms with Gasteiger partial charge in [-0.25, -0.2) is 0 Å². The van der Waals surface area contributed by atoms with E-state index in [1.807, 2.05) is 0 Å². The van der Waals surface area contributed by atoms with Crippen LogP contribution in [0.5, 0.6) is 0 Å². The number of fused-ring (bicyclic) bond motifs is 2. The van der Waals surface area contributed by atoms with E-state index in [1.165, 1.54) is 19.5 Å². The molecule has 0 aromatic rings. The average Bonchev–Trinajstić information content (AvgIpc) is 2.42. The van der Waals surface area contributed by atoms with Gasteiger partial charge in [-0.1, -0.05) is 13.3 Å². The van der Waals surface area contributed by atoms with E-state index in [-0.39, 0.29) is 0 Å². The van der Waals surface area contributed by atoms with Crippen molar-refractivity contribution in [3.63, 3.8) is 0 Å². The van der Waals surface area contributed by atoms with Crippen molar-refractivity contribution >= 4 is 0 Å². The highest BCUT2D eigenvalue weighted by Crippen LogP contribution is 2.35. The highest BCUT2D eigenvalue weighted by Gasteiger charge is 2.46. The fourth-order valence-corrected chi connectivity index (χ4v) is 2.86. The molecule has 11 heavy (non-hydrogen) atoms. The molecule has 0 N–H and O–H groups in total. The van der Waals surface area contributed by atoms with Crippen LogP contribution in [0.15, 0.2) is 0 Å². The minimum absolute atomic E-state index is 0.856. The molecular formula is C9H18N2. The first-order chi connectivity index (χ1) is 5.24. The van der Waals surface area contributed by atoms with Crippen molar-refractivity contribution in [3.8, 4) is 0 Å². The molecule has 2 saturated heterocycles.